The monoisotopic (exact) mass is 421 g/mol. The number of nitrogens with zero attached hydrogens (tertiary/aromatic N) is 3. The van der Waals surface area contributed by atoms with Gasteiger partial charge < -0.3 is 4.90 Å². The summed E-state index contributed by atoms with van der Waals surface area (Å²) in [5, 5.41) is 3.81. The van der Waals surface area contributed by atoms with Gasteiger partial charge in [0.05, 0.1) is 10.2 Å². The number of rotatable bonds is 3. The minimum Gasteiger partial charge on any atom is -0.335 e. The highest BCUT2D eigenvalue weighted by Gasteiger charge is 2.44. The van der Waals surface area contributed by atoms with E-state index in [1.807, 2.05) is 18.7 Å². The van der Waals surface area contributed by atoms with E-state index in [9.17, 15) is 18.0 Å². The second kappa shape index (κ2) is 6.59. The Morgan fingerprint density at radius 1 is 1.20 bits per heavy atom. The standard InChI is InChI=1S/C17H23BrF3N3O/c1-9-5-4-6-10(2)23(9)16(25)11(3)24-14(12-7-8-12)13(18)15(22-24)17(19,20)21/h9-12H,4-8H2,1-3H3/t9-,10+,11-/m1/s1. The first-order chi connectivity index (χ1) is 11.6. The maximum Gasteiger partial charge on any atom is 0.436 e. The van der Waals surface area contributed by atoms with Crippen LogP contribution in [0.15, 0.2) is 4.47 Å². The molecule has 0 unspecified atom stereocenters. The maximum absolute atomic E-state index is 13.3. The number of alkyl halides is 3. The summed E-state index contributed by atoms with van der Waals surface area (Å²) < 4.78 is 41.1. The van der Waals surface area contributed by atoms with Gasteiger partial charge in [-0.25, -0.2) is 0 Å². The molecule has 0 radical (unpaired) electrons. The maximum atomic E-state index is 13.3. The van der Waals surface area contributed by atoms with Crippen LogP contribution in [0.2, 0.25) is 0 Å². The first-order valence-corrected chi connectivity index (χ1v) is 9.59. The zero-order chi connectivity index (χ0) is 18.5. The van der Waals surface area contributed by atoms with E-state index in [0.717, 1.165) is 32.1 Å². The third kappa shape index (κ3) is 3.46. The summed E-state index contributed by atoms with van der Waals surface area (Å²) in [7, 11) is 0. The van der Waals surface area contributed by atoms with Crippen molar-refractivity contribution in [3.05, 3.63) is 15.9 Å². The molecule has 3 atom stereocenters. The molecule has 25 heavy (non-hydrogen) atoms. The van der Waals surface area contributed by atoms with Crippen molar-refractivity contribution in [2.24, 2.45) is 0 Å². The average Bonchev–Trinajstić information content (AvgIpc) is 3.27. The molecule has 8 heteroatoms. The second-order valence-corrected chi connectivity index (χ2v) is 8.11. The molecule has 2 fully saturated rings. The van der Waals surface area contributed by atoms with Gasteiger partial charge in [-0.15, -0.1) is 0 Å². The summed E-state index contributed by atoms with van der Waals surface area (Å²) in [5.74, 6) is -0.102. The summed E-state index contributed by atoms with van der Waals surface area (Å²) in [4.78, 5) is 14.9. The van der Waals surface area contributed by atoms with Crippen LogP contribution in [0, 0.1) is 0 Å². The fourth-order valence-electron chi connectivity index (χ4n) is 3.80. The summed E-state index contributed by atoms with van der Waals surface area (Å²) in [6, 6.07) is -0.542. The van der Waals surface area contributed by atoms with Crippen LogP contribution in [0.4, 0.5) is 13.2 Å². The van der Waals surface area contributed by atoms with Crippen LogP contribution in [-0.2, 0) is 11.0 Å². The van der Waals surface area contributed by atoms with E-state index in [-0.39, 0.29) is 28.4 Å². The molecule has 140 valence electrons. The predicted octanol–water partition coefficient (Wildman–Crippen LogP) is 4.89. The van der Waals surface area contributed by atoms with Gasteiger partial charge in [-0.05, 0) is 68.8 Å². The summed E-state index contributed by atoms with van der Waals surface area (Å²) in [6.45, 7) is 5.66. The van der Waals surface area contributed by atoms with Crippen molar-refractivity contribution in [1.82, 2.24) is 14.7 Å². The van der Waals surface area contributed by atoms with E-state index in [0.29, 0.717) is 5.69 Å². The molecular formula is C17H23BrF3N3O. The molecule has 2 heterocycles. The van der Waals surface area contributed by atoms with Crippen molar-refractivity contribution in [3.8, 4) is 0 Å². The lowest BCUT2D eigenvalue weighted by molar-refractivity contribution is -0.144. The lowest BCUT2D eigenvalue weighted by Crippen LogP contribution is -2.50. The van der Waals surface area contributed by atoms with Gasteiger partial charge in [-0.3, -0.25) is 9.48 Å². The van der Waals surface area contributed by atoms with Crippen molar-refractivity contribution in [2.45, 2.75) is 83.1 Å². The Morgan fingerprint density at radius 2 is 1.76 bits per heavy atom. The predicted molar refractivity (Wildman–Crippen MR) is 91.2 cm³/mol. The SMILES string of the molecule is C[C@@H]1CCC[C@H](C)N1C(=O)[C@@H](C)n1nc(C(F)(F)F)c(Br)c1C1CC1. The lowest BCUT2D eigenvalue weighted by Gasteiger charge is -2.40. The number of aromatic nitrogens is 2. The highest BCUT2D eigenvalue weighted by Crippen LogP contribution is 2.48. The molecule has 1 aromatic heterocycles. The number of likely N-dealkylation sites (tertiary alicyclic amines) is 1. The fourth-order valence-corrected chi connectivity index (χ4v) is 4.61. The highest BCUT2D eigenvalue weighted by molar-refractivity contribution is 9.10. The Balaban J connectivity index is 1.96. The van der Waals surface area contributed by atoms with Gasteiger partial charge in [0.15, 0.2) is 5.69 Å². The van der Waals surface area contributed by atoms with Gasteiger partial charge in [-0.1, -0.05) is 0 Å². The molecule has 0 aromatic carbocycles. The molecule has 4 nitrogen and oxygen atoms in total. The first kappa shape index (κ1) is 18.7. The van der Waals surface area contributed by atoms with E-state index in [1.165, 1.54) is 4.68 Å². The fraction of sp³-hybridized carbons (Fsp3) is 0.765. The van der Waals surface area contributed by atoms with Crippen molar-refractivity contribution >= 4 is 21.8 Å². The Bertz CT molecular complexity index is 659. The van der Waals surface area contributed by atoms with Gasteiger partial charge in [-0.2, -0.15) is 18.3 Å². The quantitative estimate of drug-likeness (QED) is 0.696. The largest absolute Gasteiger partial charge is 0.436 e. The van der Waals surface area contributed by atoms with Crippen molar-refractivity contribution in [3.63, 3.8) is 0 Å². The number of hydrogen-bond acceptors (Lipinski definition) is 2. The first-order valence-electron chi connectivity index (χ1n) is 8.80. The molecule has 1 aliphatic heterocycles. The molecule has 0 spiro atoms. The summed E-state index contributed by atoms with van der Waals surface area (Å²) in [6.07, 6.45) is 0.0450. The second-order valence-electron chi connectivity index (χ2n) is 7.31. The van der Waals surface area contributed by atoms with Crippen LogP contribution in [0.3, 0.4) is 0 Å². The smallest absolute Gasteiger partial charge is 0.335 e. The molecule has 1 saturated carbocycles. The minimum absolute atomic E-state index is 0.0121. The van der Waals surface area contributed by atoms with Crippen LogP contribution in [-0.4, -0.2) is 32.7 Å². The van der Waals surface area contributed by atoms with Crippen LogP contribution in [0.5, 0.6) is 0 Å². The topological polar surface area (TPSA) is 38.1 Å². The average molecular weight is 422 g/mol. The number of carbonyl (C=O) groups excluding carboxylic acids is 1. The molecule has 0 bridgehead atoms. The third-order valence-corrected chi connectivity index (χ3v) is 6.07. The van der Waals surface area contributed by atoms with Crippen LogP contribution < -0.4 is 0 Å². The van der Waals surface area contributed by atoms with E-state index < -0.39 is 17.9 Å². The van der Waals surface area contributed by atoms with Gasteiger partial charge in [0, 0.05) is 18.0 Å². The molecular weight excluding hydrogens is 399 g/mol. The Kier molecular flexibility index (Phi) is 4.94. The molecule has 1 amide bonds. The molecule has 1 aliphatic carbocycles. The lowest BCUT2D eigenvalue weighted by atomic mass is 9.96. The van der Waals surface area contributed by atoms with Gasteiger partial charge in [0.25, 0.3) is 0 Å². The van der Waals surface area contributed by atoms with Crippen LogP contribution >= 0.6 is 15.9 Å². The van der Waals surface area contributed by atoms with Gasteiger partial charge >= 0.3 is 6.18 Å². The molecule has 3 rings (SSSR count). The third-order valence-electron chi connectivity index (χ3n) is 5.29. The van der Waals surface area contributed by atoms with E-state index >= 15 is 0 Å². The van der Waals surface area contributed by atoms with Crippen molar-refractivity contribution in [2.75, 3.05) is 0 Å². The van der Waals surface area contributed by atoms with Gasteiger partial charge in [0.1, 0.15) is 6.04 Å². The summed E-state index contributed by atoms with van der Waals surface area (Å²) in [5.41, 5.74) is -0.431. The van der Waals surface area contributed by atoms with E-state index in [4.69, 9.17) is 0 Å². The zero-order valence-electron chi connectivity index (χ0n) is 14.6. The molecule has 1 aromatic rings. The highest BCUT2D eigenvalue weighted by atomic mass is 79.9. The number of hydrogen-bond donors (Lipinski definition) is 0. The number of carbonyl (C=O) groups is 1. The Morgan fingerprint density at radius 3 is 2.24 bits per heavy atom. The van der Waals surface area contributed by atoms with Gasteiger partial charge in [0.2, 0.25) is 5.91 Å². The Hall–Kier alpha value is -1.05. The molecule has 0 N–H and O–H groups in total. The number of halogens is 4. The van der Waals surface area contributed by atoms with E-state index in [2.05, 4.69) is 21.0 Å². The number of piperidine rings is 1. The zero-order valence-corrected chi connectivity index (χ0v) is 16.2. The summed E-state index contributed by atoms with van der Waals surface area (Å²) >= 11 is 3.09. The minimum atomic E-state index is -4.54. The van der Waals surface area contributed by atoms with Crippen LogP contribution in [0.25, 0.3) is 0 Å². The van der Waals surface area contributed by atoms with Crippen molar-refractivity contribution < 1.29 is 18.0 Å². The van der Waals surface area contributed by atoms with Crippen LogP contribution in [0.1, 0.15) is 76.2 Å². The number of amides is 1. The van der Waals surface area contributed by atoms with Crippen molar-refractivity contribution in [1.29, 1.82) is 0 Å². The Labute approximate surface area is 153 Å². The van der Waals surface area contributed by atoms with E-state index in [1.54, 1.807) is 6.92 Å². The molecule has 2 aliphatic rings. The normalized spacial score (nSPS) is 26.0. The molecule has 1 saturated heterocycles.